The van der Waals surface area contributed by atoms with Crippen LogP contribution in [-0.4, -0.2) is 5.97 Å². The molecule has 25 heavy (non-hydrogen) atoms. The third-order valence-corrected chi connectivity index (χ3v) is 4.44. The number of fused-ring (bicyclic) bond motifs is 3. The Morgan fingerprint density at radius 2 is 1.80 bits per heavy atom. The minimum Gasteiger partial charge on any atom is -0.464 e. The molecule has 0 bridgehead atoms. The number of rotatable bonds is 4. The fourth-order valence-electron chi connectivity index (χ4n) is 2.96. The number of carbonyl (C=O) groups is 1. The van der Waals surface area contributed by atoms with Gasteiger partial charge in [0.1, 0.15) is 12.2 Å². The van der Waals surface area contributed by atoms with Crippen molar-refractivity contribution in [2.45, 2.75) is 13.0 Å². The average molecular weight is 351 g/mol. The summed E-state index contributed by atoms with van der Waals surface area (Å²) in [7, 11) is 0. The van der Waals surface area contributed by atoms with E-state index >= 15 is 0 Å². The van der Waals surface area contributed by atoms with E-state index in [9.17, 15) is 4.79 Å². The second-order valence-corrected chi connectivity index (χ2v) is 6.32. The molecule has 0 radical (unpaired) electrons. The summed E-state index contributed by atoms with van der Waals surface area (Å²) in [6.45, 7) is 0.229. The van der Waals surface area contributed by atoms with E-state index in [-0.39, 0.29) is 19.0 Å². The molecule has 4 heteroatoms. The summed E-state index contributed by atoms with van der Waals surface area (Å²) in [5, 5.41) is 3.83. The molecule has 3 aromatic carbocycles. The molecule has 0 N–H and O–H groups in total. The van der Waals surface area contributed by atoms with Gasteiger partial charge in [-0.3, -0.25) is 4.79 Å². The lowest BCUT2D eigenvalue weighted by atomic mass is 10.0. The average Bonchev–Trinajstić information content (AvgIpc) is 3.04. The molecule has 0 aliphatic rings. The molecule has 0 spiro atoms. The topological polar surface area (TPSA) is 39.4 Å². The van der Waals surface area contributed by atoms with Gasteiger partial charge < -0.3 is 9.15 Å². The Labute approximate surface area is 149 Å². The van der Waals surface area contributed by atoms with Gasteiger partial charge in [-0.15, -0.1) is 0 Å². The van der Waals surface area contributed by atoms with Crippen LogP contribution in [0.4, 0.5) is 0 Å². The number of hydrogen-bond acceptors (Lipinski definition) is 3. The maximum absolute atomic E-state index is 12.2. The summed E-state index contributed by atoms with van der Waals surface area (Å²) in [6, 6.07) is 19.3. The lowest BCUT2D eigenvalue weighted by Crippen LogP contribution is -2.07. The van der Waals surface area contributed by atoms with Crippen molar-refractivity contribution in [2.75, 3.05) is 0 Å². The molecule has 1 aromatic heterocycles. The van der Waals surface area contributed by atoms with Crippen LogP contribution in [0.3, 0.4) is 0 Å². The van der Waals surface area contributed by atoms with Crippen molar-refractivity contribution < 1.29 is 13.9 Å². The predicted octanol–water partition coefficient (Wildman–Crippen LogP) is 5.53. The third-order valence-electron chi connectivity index (χ3n) is 4.19. The molecule has 0 atom stereocenters. The number of benzene rings is 3. The van der Waals surface area contributed by atoms with Crippen molar-refractivity contribution in [2.24, 2.45) is 0 Å². The van der Waals surface area contributed by atoms with Crippen LogP contribution in [0.5, 0.6) is 0 Å². The Balaban J connectivity index is 1.55. The maximum Gasteiger partial charge on any atom is 0.310 e. The van der Waals surface area contributed by atoms with Crippen LogP contribution in [0.2, 0.25) is 5.02 Å². The minimum atomic E-state index is -0.286. The van der Waals surface area contributed by atoms with Crippen molar-refractivity contribution in [3.05, 3.63) is 83.1 Å². The van der Waals surface area contributed by atoms with Gasteiger partial charge in [-0.1, -0.05) is 54.1 Å². The second kappa shape index (κ2) is 6.61. The summed E-state index contributed by atoms with van der Waals surface area (Å²) in [4.78, 5) is 12.2. The lowest BCUT2D eigenvalue weighted by molar-refractivity contribution is -0.144. The lowest BCUT2D eigenvalue weighted by Gasteiger charge is -2.05. The van der Waals surface area contributed by atoms with Gasteiger partial charge >= 0.3 is 5.97 Å². The number of ether oxygens (including phenoxy) is 1. The molecule has 0 saturated heterocycles. The van der Waals surface area contributed by atoms with Gasteiger partial charge in [0.15, 0.2) is 0 Å². The highest BCUT2D eigenvalue weighted by Crippen LogP contribution is 2.30. The molecule has 0 aliphatic heterocycles. The summed E-state index contributed by atoms with van der Waals surface area (Å²) < 4.78 is 11.0. The molecule has 3 nitrogen and oxygen atoms in total. The van der Waals surface area contributed by atoms with Crippen LogP contribution in [-0.2, 0) is 22.6 Å². The highest BCUT2D eigenvalue weighted by Gasteiger charge is 2.14. The first-order valence-corrected chi connectivity index (χ1v) is 8.36. The molecule has 0 saturated carbocycles. The number of esters is 1. The Morgan fingerprint density at radius 1 is 1.00 bits per heavy atom. The van der Waals surface area contributed by atoms with Crippen LogP contribution < -0.4 is 0 Å². The standard InChI is InChI=1S/C21H15ClO3/c22-17-8-5-14(6-9-17)12-25-20(23)11-16-13-24-19-10-7-15-3-1-2-4-18(15)21(16)19/h1-10,13H,11-12H2. The Morgan fingerprint density at radius 3 is 2.64 bits per heavy atom. The molecule has 0 aliphatic carbocycles. The largest absolute Gasteiger partial charge is 0.464 e. The molecule has 0 fully saturated rings. The maximum atomic E-state index is 12.2. The normalized spacial score (nSPS) is 11.1. The first kappa shape index (κ1) is 15.7. The van der Waals surface area contributed by atoms with Gasteiger partial charge in [0.2, 0.25) is 0 Å². The highest BCUT2D eigenvalue weighted by molar-refractivity contribution is 6.30. The Bertz CT molecular complexity index is 1050. The van der Waals surface area contributed by atoms with E-state index < -0.39 is 0 Å². The van der Waals surface area contributed by atoms with Gasteiger partial charge in [0.05, 0.1) is 12.7 Å². The minimum absolute atomic E-state index is 0.175. The van der Waals surface area contributed by atoms with E-state index in [0.717, 1.165) is 32.9 Å². The number of carbonyl (C=O) groups excluding carboxylic acids is 1. The van der Waals surface area contributed by atoms with Crippen LogP contribution in [0.25, 0.3) is 21.7 Å². The van der Waals surface area contributed by atoms with Crippen LogP contribution in [0.15, 0.2) is 71.3 Å². The van der Waals surface area contributed by atoms with E-state index in [2.05, 4.69) is 0 Å². The van der Waals surface area contributed by atoms with Crippen molar-refractivity contribution in [1.82, 2.24) is 0 Å². The zero-order valence-electron chi connectivity index (χ0n) is 13.4. The SMILES string of the molecule is O=C(Cc1coc2ccc3ccccc3c12)OCc1ccc(Cl)cc1. The van der Waals surface area contributed by atoms with E-state index in [1.165, 1.54) is 0 Å². The van der Waals surface area contributed by atoms with Gasteiger partial charge in [-0.2, -0.15) is 0 Å². The Kier molecular flexibility index (Phi) is 4.16. The molecule has 4 aromatic rings. The van der Waals surface area contributed by atoms with Crippen LogP contribution >= 0.6 is 11.6 Å². The van der Waals surface area contributed by atoms with E-state index in [1.807, 2.05) is 48.5 Å². The second-order valence-electron chi connectivity index (χ2n) is 5.88. The first-order valence-electron chi connectivity index (χ1n) is 7.98. The van der Waals surface area contributed by atoms with Crippen molar-refractivity contribution in [1.29, 1.82) is 0 Å². The Hall–Kier alpha value is -2.78. The van der Waals surface area contributed by atoms with Gasteiger partial charge in [-0.05, 0) is 34.5 Å². The zero-order valence-corrected chi connectivity index (χ0v) is 14.1. The molecule has 0 amide bonds. The quantitative estimate of drug-likeness (QED) is 0.454. The zero-order chi connectivity index (χ0) is 17.2. The molecule has 0 unspecified atom stereocenters. The molecular weight excluding hydrogens is 336 g/mol. The van der Waals surface area contributed by atoms with Crippen LogP contribution in [0.1, 0.15) is 11.1 Å². The highest BCUT2D eigenvalue weighted by atomic mass is 35.5. The summed E-state index contributed by atoms with van der Waals surface area (Å²) in [5.74, 6) is -0.286. The van der Waals surface area contributed by atoms with Crippen molar-refractivity contribution in [3.63, 3.8) is 0 Å². The molecule has 1 heterocycles. The van der Waals surface area contributed by atoms with Gasteiger partial charge in [0.25, 0.3) is 0 Å². The van der Waals surface area contributed by atoms with Gasteiger partial charge in [-0.25, -0.2) is 0 Å². The third kappa shape index (κ3) is 3.24. The fourth-order valence-corrected chi connectivity index (χ4v) is 3.08. The molecule has 4 rings (SSSR count). The van der Waals surface area contributed by atoms with Crippen molar-refractivity contribution >= 4 is 39.3 Å². The van der Waals surface area contributed by atoms with E-state index in [1.54, 1.807) is 18.4 Å². The first-order chi connectivity index (χ1) is 12.2. The molecular formula is C21H15ClO3. The fraction of sp³-hybridized carbons (Fsp3) is 0.0952. The molecule has 124 valence electrons. The monoisotopic (exact) mass is 350 g/mol. The number of hydrogen-bond donors (Lipinski definition) is 0. The smallest absolute Gasteiger partial charge is 0.310 e. The van der Waals surface area contributed by atoms with E-state index in [0.29, 0.717) is 5.02 Å². The van der Waals surface area contributed by atoms with Crippen molar-refractivity contribution in [3.8, 4) is 0 Å². The summed E-state index contributed by atoms with van der Waals surface area (Å²) in [5.41, 5.74) is 2.52. The predicted molar refractivity (Wildman–Crippen MR) is 98.7 cm³/mol. The number of furan rings is 1. The van der Waals surface area contributed by atoms with Gasteiger partial charge in [0, 0.05) is 16.0 Å². The van der Waals surface area contributed by atoms with E-state index in [4.69, 9.17) is 20.8 Å². The number of halogens is 1. The summed E-state index contributed by atoms with van der Waals surface area (Å²) >= 11 is 5.85. The van der Waals surface area contributed by atoms with Crippen LogP contribution in [0, 0.1) is 0 Å². The summed E-state index contributed by atoms with van der Waals surface area (Å²) in [6.07, 6.45) is 1.81.